The van der Waals surface area contributed by atoms with Crippen LogP contribution in [0, 0.1) is 6.92 Å². The van der Waals surface area contributed by atoms with Crippen LogP contribution in [0.3, 0.4) is 0 Å². The van der Waals surface area contributed by atoms with E-state index in [4.69, 9.17) is 4.74 Å². The van der Waals surface area contributed by atoms with Crippen molar-refractivity contribution in [3.05, 3.63) is 57.5 Å². The molecule has 1 aromatic carbocycles. The van der Waals surface area contributed by atoms with Crippen molar-refractivity contribution in [3.63, 3.8) is 0 Å². The summed E-state index contributed by atoms with van der Waals surface area (Å²) in [6, 6.07) is 9.12. The maximum atomic E-state index is 12.4. The molecule has 0 unspecified atom stereocenters. The quantitative estimate of drug-likeness (QED) is 0.470. The average molecular weight is 417 g/mol. The lowest BCUT2D eigenvalue weighted by Crippen LogP contribution is -2.16. The molecule has 0 bridgehead atoms. The van der Waals surface area contributed by atoms with Crippen molar-refractivity contribution in [2.75, 3.05) is 18.2 Å². The van der Waals surface area contributed by atoms with E-state index in [2.05, 4.69) is 21.6 Å². The molecule has 9 heteroatoms. The van der Waals surface area contributed by atoms with E-state index >= 15 is 0 Å². The molecule has 0 aliphatic carbocycles. The van der Waals surface area contributed by atoms with Crippen molar-refractivity contribution in [2.24, 2.45) is 7.05 Å². The predicted octanol–water partition coefficient (Wildman–Crippen LogP) is 3.29. The van der Waals surface area contributed by atoms with Crippen molar-refractivity contribution in [3.8, 4) is 0 Å². The van der Waals surface area contributed by atoms with Crippen molar-refractivity contribution >= 4 is 40.7 Å². The lowest BCUT2D eigenvalue weighted by molar-refractivity contribution is -0.113. The first-order valence-corrected chi connectivity index (χ1v) is 10.4. The predicted molar refractivity (Wildman–Crippen MR) is 110 cm³/mol. The van der Waals surface area contributed by atoms with Gasteiger partial charge in [0.25, 0.3) is 0 Å². The minimum absolute atomic E-state index is 0.182. The lowest BCUT2D eigenvalue weighted by atomic mass is 10.1. The van der Waals surface area contributed by atoms with Gasteiger partial charge in [-0.3, -0.25) is 4.79 Å². The monoisotopic (exact) mass is 416 g/mol. The number of nitrogens with one attached hydrogen (secondary N) is 1. The van der Waals surface area contributed by atoms with Crippen molar-refractivity contribution in [1.29, 1.82) is 0 Å². The van der Waals surface area contributed by atoms with E-state index in [0.29, 0.717) is 22.8 Å². The number of hydrogen-bond donors (Lipinski definition) is 1. The summed E-state index contributed by atoms with van der Waals surface area (Å²) in [6.45, 7) is 1.86. The van der Waals surface area contributed by atoms with Gasteiger partial charge in [0, 0.05) is 24.0 Å². The molecular formula is C19H20N4O3S2. The van der Waals surface area contributed by atoms with Crippen LogP contribution in [0.1, 0.15) is 26.6 Å². The first kappa shape index (κ1) is 20.1. The van der Waals surface area contributed by atoms with E-state index in [1.54, 1.807) is 29.5 Å². The van der Waals surface area contributed by atoms with Gasteiger partial charge in [-0.05, 0) is 36.1 Å². The second-order valence-electron chi connectivity index (χ2n) is 6.07. The first-order valence-electron chi connectivity index (χ1n) is 8.50. The Morgan fingerprint density at radius 2 is 2.11 bits per heavy atom. The molecule has 146 valence electrons. The van der Waals surface area contributed by atoms with Gasteiger partial charge in [-0.15, -0.1) is 21.5 Å². The number of nitrogens with zero attached hydrogens (tertiary/aromatic N) is 3. The van der Waals surface area contributed by atoms with Gasteiger partial charge < -0.3 is 14.6 Å². The fourth-order valence-electron chi connectivity index (χ4n) is 2.51. The maximum absolute atomic E-state index is 12.4. The molecule has 0 aliphatic heterocycles. The Hall–Kier alpha value is -2.65. The van der Waals surface area contributed by atoms with Crippen LogP contribution in [-0.2, 0) is 23.0 Å². The first-order chi connectivity index (χ1) is 13.5. The second kappa shape index (κ2) is 9.03. The van der Waals surface area contributed by atoms with Crippen LogP contribution in [0.5, 0.6) is 0 Å². The molecule has 1 amide bonds. The number of esters is 1. The Kier molecular flexibility index (Phi) is 6.48. The number of rotatable bonds is 7. The summed E-state index contributed by atoms with van der Waals surface area (Å²) in [4.78, 5) is 25.2. The third-order valence-corrected chi connectivity index (χ3v) is 6.00. The Bertz CT molecular complexity index is 983. The number of aryl methyl sites for hydroxylation is 1. The zero-order chi connectivity index (χ0) is 20.1. The summed E-state index contributed by atoms with van der Waals surface area (Å²) >= 11 is 2.99. The third kappa shape index (κ3) is 4.79. The van der Waals surface area contributed by atoms with Crippen molar-refractivity contribution in [2.45, 2.75) is 18.5 Å². The molecule has 0 saturated heterocycles. The fourth-order valence-corrected chi connectivity index (χ4v) is 3.94. The highest BCUT2D eigenvalue weighted by Crippen LogP contribution is 2.21. The van der Waals surface area contributed by atoms with E-state index in [1.807, 2.05) is 30.0 Å². The van der Waals surface area contributed by atoms with Crippen LogP contribution in [0.4, 0.5) is 5.69 Å². The van der Waals surface area contributed by atoms with Gasteiger partial charge in [0.2, 0.25) is 5.91 Å². The molecule has 2 heterocycles. The summed E-state index contributed by atoms with van der Waals surface area (Å²) in [6.07, 6.45) is 0.716. The molecule has 1 N–H and O–H groups in total. The number of hydrogen-bond acceptors (Lipinski definition) is 7. The highest BCUT2D eigenvalue weighted by atomic mass is 32.2. The van der Waals surface area contributed by atoms with Gasteiger partial charge >= 0.3 is 5.97 Å². The van der Waals surface area contributed by atoms with E-state index in [0.717, 1.165) is 11.4 Å². The fraction of sp³-hybridized carbons (Fsp3) is 0.263. The largest absolute Gasteiger partial charge is 0.465 e. The highest BCUT2D eigenvalue weighted by molar-refractivity contribution is 7.99. The number of carbonyl (C=O) groups is 2. The number of carbonyl (C=O) groups excluding carboxylic acids is 2. The van der Waals surface area contributed by atoms with Crippen LogP contribution in [-0.4, -0.2) is 39.5 Å². The molecule has 2 aromatic heterocycles. The van der Waals surface area contributed by atoms with Crippen molar-refractivity contribution in [1.82, 2.24) is 14.8 Å². The van der Waals surface area contributed by atoms with Gasteiger partial charge in [-0.1, -0.05) is 23.9 Å². The van der Waals surface area contributed by atoms with Crippen LogP contribution < -0.4 is 5.32 Å². The van der Waals surface area contributed by atoms with Gasteiger partial charge in [0.15, 0.2) is 5.16 Å². The summed E-state index contributed by atoms with van der Waals surface area (Å²) < 4.78 is 6.62. The number of thioether (sulfide) groups is 1. The van der Waals surface area contributed by atoms with Gasteiger partial charge in [-0.2, -0.15) is 0 Å². The molecule has 7 nitrogen and oxygen atoms in total. The van der Waals surface area contributed by atoms with Crippen LogP contribution >= 0.6 is 23.1 Å². The van der Waals surface area contributed by atoms with E-state index in [-0.39, 0.29) is 11.7 Å². The molecule has 0 saturated carbocycles. The van der Waals surface area contributed by atoms with Gasteiger partial charge in [-0.25, -0.2) is 4.79 Å². The summed E-state index contributed by atoms with van der Waals surface area (Å²) in [5.41, 5.74) is 1.84. The Labute approximate surface area is 171 Å². The zero-order valence-corrected chi connectivity index (χ0v) is 17.4. The summed E-state index contributed by atoms with van der Waals surface area (Å²) in [5.74, 6) is 0.416. The molecule has 3 aromatic rings. The molecule has 0 radical (unpaired) electrons. The van der Waals surface area contributed by atoms with E-state index < -0.39 is 5.97 Å². The number of thiophene rings is 1. The van der Waals surface area contributed by atoms with Crippen LogP contribution in [0.25, 0.3) is 0 Å². The van der Waals surface area contributed by atoms with E-state index in [1.165, 1.54) is 23.7 Å². The summed E-state index contributed by atoms with van der Waals surface area (Å²) in [5, 5.41) is 14.0. The number of methoxy groups -OCH3 is 1. The number of benzene rings is 1. The number of ether oxygens (including phenoxy) is 1. The Morgan fingerprint density at radius 3 is 2.82 bits per heavy atom. The molecule has 0 aliphatic rings. The third-order valence-electron chi connectivity index (χ3n) is 4.10. The molecule has 0 fully saturated rings. The topological polar surface area (TPSA) is 86.1 Å². The number of anilines is 1. The smallest absolute Gasteiger partial charge is 0.337 e. The second-order valence-corrected chi connectivity index (χ2v) is 8.05. The maximum Gasteiger partial charge on any atom is 0.337 e. The van der Waals surface area contributed by atoms with Crippen LogP contribution in [0.2, 0.25) is 0 Å². The zero-order valence-electron chi connectivity index (χ0n) is 15.8. The minimum atomic E-state index is -0.442. The number of aromatic nitrogens is 3. The lowest BCUT2D eigenvalue weighted by Gasteiger charge is -2.10. The normalized spacial score (nSPS) is 10.7. The Morgan fingerprint density at radius 1 is 1.29 bits per heavy atom. The van der Waals surface area contributed by atoms with Gasteiger partial charge in [0.05, 0.1) is 18.4 Å². The Balaban J connectivity index is 1.60. The molecule has 3 rings (SSSR count). The number of amides is 1. The van der Waals surface area contributed by atoms with Gasteiger partial charge in [0.1, 0.15) is 5.82 Å². The van der Waals surface area contributed by atoms with Crippen LogP contribution in [0.15, 0.2) is 40.9 Å². The molecular weight excluding hydrogens is 396 g/mol. The molecule has 0 atom stereocenters. The SMILES string of the molecule is COC(=O)c1ccc(C)c(NC(=O)CSc2nnc(Cc3cccs3)n2C)c1. The molecule has 0 spiro atoms. The highest BCUT2D eigenvalue weighted by Gasteiger charge is 2.14. The minimum Gasteiger partial charge on any atom is -0.465 e. The molecule has 28 heavy (non-hydrogen) atoms. The standard InChI is InChI=1S/C19H20N4O3S2/c1-12-6-7-13(18(25)26-3)9-15(12)20-17(24)11-28-19-22-21-16(23(19)2)10-14-5-4-8-27-14/h4-9H,10-11H2,1-3H3,(H,20,24). The summed E-state index contributed by atoms with van der Waals surface area (Å²) in [7, 11) is 3.22. The van der Waals surface area contributed by atoms with Crippen molar-refractivity contribution < 1.29 is 14.3 Å². The van der Waals surface area contributed by atoms with E-state index in [9.17, 15) is 9.59 Å². The average Bonchev–Trinajstić information content (AvgIpc) is 3.32.